The summed E-state index contributed by atoms with van der Waals surface area (Å²) in [6, 6.07) is 5.30. The van der Waals surface area contributed by atoms with Gasteiger partial charge in [-0.2, -0.15) is 22.7 Å². The quantitative estimate of drug-likeness (QED) is 0.630. The van der Waals surface area contributed by atoms with Gasteiger partial charge in [0.15, 0.2) is 5.69 Å². The normalized spacial score (nSPS) is 19.5. The highest BCUT2D eigenvalue weighted by Crippen LogP contribution is 2.30. The molecular weight excluding hydrogens is 300 g/mol. The molecule has 0 spiro atoms. The molecule has 1 aliphatic rings. The van der Waals surface area contributed by atoms with Gasteiger partial charge in [0, 0.05) is 19.3 Å². The van der Waals surface area contributed by atoms with Crippen molar-refractivity contribution in [1.82, 2.24) is 14.8 Å². The highest BCUT2D eigenvalue weighted by atomic mass is 19.4. The van der Waals surface area contributed by atoms with Gasteiger partial charge in [-0.15, -0.1) is 0 Å². The number of nitrogens with zero attached hydrogens (tertiary/aromatic N) is 4. The summed E-state index contributed by atoms with van der Waals surface area (Å²) in [5.74, 6) is -0.0778. The van der Waals surface area contributed by atoms with Crippen molar-refractivity contribution in [1.29, 1.82) is 0 Å². The Hall–Kier alpha value is -2.12. The monoisotopic (exact) mass is 314 g/mol. The number of hydrogen-bond acceptors (Lipinski definition) is 3. The summed E-state index contributed by atoms with van der Waals surface area (Å²) in [6.45, 7) is 1.15. The number of rotatable bonds is 2. The molecule has 8 heteroatoms. The van der Waals surface area contributed by atoms with Gasteiger partial charge < -0.3 is 4.90 Å². The summed E-state index contributed by atoms with van der Waals surface area (Å²) < 4.78 is 52.4. The van der Waals surface area contributed by atoms with Gasteiger partial charge in [0.2, 0.25) is 5.95 Å². The minimum absolute atomic E-state index is 0.185. The minimum atomic E-state index is -4.44. The van der Waals surface area contributed by atoms with Crippen LogP contribution in [0.3, 0.4) is 0 Å². The van der Waals surface area contributed by atoms with Crippen molar-refractivity contribution in [3.63, 3.8) is 0 Å². The Balaban J connectivity index is 1.77. The lowest BCUT2D eigenvalue weighted by Gasteiger charge is -2.33. The summed E-state index contributed by atoms with van der Waals surface area (Å²) >= 11 is 0. The molecule has 0 aromatic carbocycles. The predicted octanol–water partition coefficient (Wildman–Crippen LogP) is 3.28. The lowest BCUT2D eigenvalue weighted by Crippen LogP contribution is -2.37. The van der Waals surface area contributed by atoms with Gasteiger partial charge in [-0.05, 0) is 31.0 Å². The maximum atomic E-state index is 13.2. The van der Waals surface area contributed by atoms with Gasteiger partial charge in [-0.3, -0.25) is 4.68 Å². The number of halogens is 4. The van der Waals surface area contributed by atoms with Crippen molar-refractivity contribution in [3.8, 4) is 0 Å². The van der Waals surface area contributed by atoms with Crippen molar-refractivity contribution in [2.45, 2.75) is 25.1 Å². The van der Waals surface area contributed by atoms with E-state index >= 15 is 0 Å². The zero-order valence-corrected chi connectivity index (χ0v) is 11.6. The second kappa shape index (κ2) is 5.58. The third-order valence-corrected chi connectivity index (χ3v) is 3.69. The van der Waals surface area contributed by atoms with Crippen LogP contribution in [0.5, 0.6) is 0 Å². The number of anilines is 1. The first-order valence-electron chi connectivity index (χ1n) is 6.93. The first-order chi connectivity index (χ1) is 10.4. The van der Waals surface area contributed by atoms with E-state index in [1.54, 1.807) is 12.1 Å². The molecule has 1 atom stereocenters. The molecule has 0 radical (unpaired) electrons. The molecule has 0 amide bonds. The molecule has 1 saturated heterocycles. The van der Waals surface area contributed by atoms with Gasteiger partial charge in [-0.1, -0.05) is 6.07 Å². The van der Waals surface area contributed by atoms with Crippen LogP contribution >= 0.6 is 0 Å². The largest absolute Gasteiger partial charge is 0.435 e. The Morgan fingerprint density at radius 1 is 1.18 bits per heavy atom. The minimum Gasteiger partial charge on any atom is -0.354 e. The molecule has 22 heavy (non-hydrogen) atoms. The molecular formula is C14H14F4N4. The fourth-order valence-corrected chi connectivity index (χ4v) is 2.65. The topological polar surface area (TPSA) is 34.0 Å². The molecule has 3 rings (SSSR count). The van der Waals surface area contributed by atoms with E-state index in [-0.39, 0.29) is 6.04 Å². The maximum Gasteiger partial charge on any atom is 0.435 e. The summed E-state index contributed by atoms with van der Waals surface area (Å²) in [6.07, 6.45) is -1.59. The Morgan fingerprint density at radius 2 is 2.00 bits per heavy atom. The number of pyridine rings is 1. The third kappa shape index (κ3) is 3.05. The van der Waals surface area contributed by atoms with E-state index in [9.17, 15) is 17.6 Å². The molecule has 1 fully saturated rings. The average molecular weight is 314 g/mol. The average Bonchev–Trinajstić information content (AvgIpc) is 2.97. The van der Waals surface area contributed by atoms with Gasteiger partial charge in [-0.25, -0.2) is 4.98 Å². The molecule has 2 aromatic rings. The van der Waals surface area contributed by atoms with Crippen LogP contribution in [0.25, 0.3) is 0 Å². The van der Waals surface area contributed by atoms with Crippen LogP contribution in [-0.2, 0) is 6.18 Å². The van der Waals surface area contributed by atoms with Crippen LogP contribution in [0, 0.1) is 5.95 Å². The molecule has 2 aromatic heterocycles. The highest BCUT2D eigenvalue weighted by Gasteiger charge is 2.34. The van der Waals surface area contributed by atoms with E-state index in [0.717, 1.165) is 18.9 Å². The first-order valence-corrected chi connectivity index (χ1v) is 6.93. The van der Waals surface area contributed by atoms with Crippen LogP contribution in [0.2, 0.25) is 0 Å². The third-order valence-electron chi connectivity index (χ3n) is 3.69. The van der Waals surface area contributed by atoms with Crippen molar-refractivity contribution in [3.05, 3.63) is 42.1 Å². The fourth-order valence-electron chi connectivity index (χ4n) is 2.65. The molecule has 1 aliphatic heterocycles. The summed E-state index contributed by atoms with van der Waals surface area (Å²) in [5, 5.41) is 3.62. The zero-order valence-electron chi connectivity index (χ0n) is 11.6. The van der Waals surface area contributed by atoms with Crippen LogP contribution in [0.4, 0.5) is 23.4 Å². The maximum absolute atomic E-state index is 13.2. The number of alkyl halides is 3. The molecule has 0 bridgehead atoms. The second-order valence-corrected chi connectivity index (χ2v) is 5.24. The van der Waals surface area contributed by atoms with Crippen LogP contribution in [0.15, 0.2) is 30.5 Å². The van der Waals surface area contributed by atoms with Crippen molar-refractivity contribution >= 4 is 5.82 Å². The highest BCUT2D eigenvalue weighted by molar-refractivity contribution is 5.38. The lowest BCUT2D eigenvalue weighted by atomic mass is 10.1. The van der Waals surface area contributed by atoms with Gasteiger partial charge >= 0.3 is 6.18 Å². The van der Waals surface area contributed by atoms with E-state index < -0.39 is 17.8 Å². The second-order valence-electron chi connectivity index (χ2n) is 5.24. The van der Waals surface area contributed by atoms with Gasteiger partial charge in [0.05, 0.1) is 6.04 Å². The Kier molecular flexibility index (Phi) is 3.76. The molecule has 0 saturated carbocycles. The molecule has 118 valence electrons. The smallest absolute Gasteiger partial charge is 0.354 e. The number of aromatic nitrogens is 3. The SMILES string of the molecule is Fc1cccc(N2CCCC(n3ccc(C(F)(F)F)n3)C2)n1. The van der Waals surface area contributed by atoms with Gasteiger partial charge in [0.25, 0.3) is 0 Å². The lowest BCUT2D eigenvalue weighted by molar-refractivity contribution is -0.141. The Morgan fingerprint density at radius 3 is 2.68 bits per heavy atom. The molecule has 3 heterocycles. The molecule has 0 N–H and O–H groups in total. The Labute approximate surface area is 124 Å². The van der Waals surface area contributed by atoms with E-state index in [0.29, 0.717) is 18.9 Å². The number of piperidine rings is 1. The van der Waals surface area contributed by atoms with Crippen LogP contribution < -0.4 is 4.90 Å². The predicted molar refractivity (Wildman–Crippen MR) is 71.9 cm³/mol. The fraction of sp³-hybridized carbons (Fsp3) is 0.429. The van der Waals surface area contributed by atoms with E-state index in [4.69, 9.17) is 0 Å². The summed E-state index contributed by atoms with van der Waals surface area (Å²) in [4.78, 5) is 5.69. The van der Waals surface area contributed by atoms with Crippen molar-refractivity contribution in [2.24, 2.45) is 0 Å². The van der Waals surface area contributed by atoms with E-state index in [1.165, 1.54) is 16.9 Å². The molecule has 1 unspecified atom stereocenters. The van der Waals surface area contributed by atoms with E-state index in [1.807, 2.05) is 4.90 Å². The summed E-state index contributed by atoms with van der Waals surface area (Å²) in [5.41, 5.74) is -0.895. The standard InChI is InChI=1S/C14H14F4N4/c15-12-4-1-5-13(19-12)21-7-2-3-10(9-21)22-8-6-11(20-22)14(16,17)18/h1,4-6,8,10H,2-3,7,9H2. The zero-order chi connectivity index (χ0) is 15.7. The van der Waals surface area contributed by atoms with Crippen molar-refractivity contribution < 1.29 is 17.6 Å². The van der Waals surface area contributed by atoms with Crippen LogP contribution in [-0.4, -0.2) is 27.9 Å². The Bertz CT molecular complexity index is 652. The molecule has 4 nitrogen and oxygen atoms in total. The van der Waals surface area contributed by atoms with Crippen molar-refractivity contribution in [2.75, 3.05) is 18.0 Å². The molecule has 0 aliphatic carbocycles. The van der Waals surface area contributed by atoms with Crippen LogP contribution in [0.1, 0.15) is 24.6 Å². The van der Waals surface area contributed by atoms with E-state index in [2.05, 4.69) is 10.1 Å². The van der Waals surface area contributed by atoms with Gasteiger partial charge in [0.1, 0.15) is 5.82 Å². The number of hydrogen-bond donors (Lipinski definition) is 0. The summed E-state index contributed by atoms with van der Waals surface area (Å²) in [7, 11) is 0. The first kappa shape index (κ1) is 14.8.